The maximum absolute atomic E-state index is 12.9. The minimum Gasteiger partial charge on any atom is -0.336 e. The Labute approximate surface area is 139 Å². The van der Waals surface area contributed by atoms with Crippen molar-refractivity contribution in [2.24, 2.45) is 0 Å². The van der Waals surface area contributed by atoms with E-state index in [0.29, 0.717) is 17.8 Å². The van der Waals surface area contributed by atoms with Crippen molar-refractivity contribution >= 4 is 16.9 Å². The number of fused-ring (bicyclic) bond motifs is 1. The van der Waals surface area contributed by atoms with Gasteiger partial charge in [0, 0.05) is 36.6 Å². The van der Waals surface area contributed by atoms with Crippen LogP contribution < -0.4 is 0 Å². The summed E-state index contributed by atoms with van der Waals surface area (Å²) in [6.07, 6.45) is 7.55. The van der Waals surface area contributed by atoms with Crippen LogP contribution in [0.5, 0.6) is 0 Å². The minimum atomic E-state index is 0.0265. The number of aromatic nitrogens is 5. The van der Waals surface area contributed by atoms with Gasteiger partial charge in [0.05, 0.1) is 17.8 Å². The van der Waals surface area contributed by atoms with E-state index < -0.39 is 0 Å². The zero-order valence-electron chi connectivity index (χ0n) is 13.9. The summed E-state index contributed by atoms with van der Waals surface area (Å²) in [5.41, 5.74) is 3.33. The Hall–Kier alpha value is -2.70. The van der Waals surface area contributed by atoms with Crippen LogP contribution in [0.25, 0.3) is 11.0 Å². The molecule has 0 aromatic carbocycles. The predicted molar refractivity (Wildman–Crippen MR) is 89.8 cm³/mol. The normalized spacial score (nSPS) is 18.2. The molecule has 1 fully saturated rings. The highest BCUT2D eigenvalue weighted by atomic mass is 16.2. The molecule has 4 heterocycles. The minimum absolute atomic E-state index is 0.0265. The molecule has 0 radical (unpaired) electrons. The van der Waals surface area contributed by atoms with E-state index in [4.69, 9.17) is 0 Å². The first-order chi connectivity index (χ1) is 11.6. The van der Waals surface area contributed by atoms with Crippen molar-refractivity contribution in [3.8, 4) is 0 Å². The van der Waals surface area contributed by atoms with Gasteiger partial charge in [-0.05, 0) is 38.3 Å². The molecule has 3 aromatic rings. The summed E-state index contributed by atoms with van der Waals surface area (Å²) in [4.78, 5) is 19.1. The molecule has 7 nitrogen and oxygen atoms in total. The van der Waals surface area contributed by atoms with Crippen LogP contribution in [0.3, 0.4) is 0 Å². The second-order valence-corrected chi connectivity index (χ2v) is 6.49. The van der Waals surface area contributed by atoms with E-state index in [1.54, 1.807) is 6.20 Å². The highest BCUT2D eigenvalue weighted by molar-refractivity contribution is 5.97. The molecule has 1 aliphatic rings. The monoisotopic (exact) mass is 324 g/mol. The van der Waals surface area contributed by atoms with E-state index >= 15 is 0 Å². The Morgan fingerprint density at radius 3 is 3.00 bits per heavy atom. The second kappa shape index (κ2) is 5.74. The standard InChI is InChI=1S/C17H20N6O/c1-11-7-19-23(9-11)14-4-3-5-22(10-14)17(24)13-6-15-12(2)20-21-16(15)18-8-13/h6-9,14H,3-5,10H2,1-2H3,(H,18,20,21)/t14-/m0/s1. The molecule has 0 bridgehead atoms. The maximum atomic E-state index is 12.9. The predicted octanol–water partition coefficient (Wildman–Crippen LogP) is 2.25. The lowest BCUT2D eigenvalue weighted by Crippen LogP contribution is -2.40. The van der Waals surface area contributed by atoms with Gasteiger partial charge in [-0.1, -0.05) is 0 Å². The molecule has 0 saturated carbocycles. The third kappa shape index (κ3) is 2.55. The van der Waals surface area contributed by atoms with Gasteiger partial charge in [-0.3, -0.25) is 14.6 Å². The Morgan fingerprint density at radius 2 is 2.21 bits per heavy atom. The van der Waals surface area contributed by atoms with E-state index in [9.17, 15) is 4.79 Å². The first kappa shape index (κ1) is 14.9. The van der Waals surface area contributed by atoms with Gasteiger partial charge in [-0.2, -0.15) is 10.2 Å². The molecule has 24 heavy (non-hydrogen) atoms. The molecule has 1 N–H and O–H groups in total. The van der Waals surface area contributed by atoms with Gasteiger partial charge in [0.1, 0.15) is 0 Å². The number of aryl methyl sites for hydroxylation is 2. The number of carbonyl (C=O) groups excluding carboxylic acids is 1. The van der Waals surface area contributed by atoms with Crippen molar-refractivity contribution in [3.05, 3.63) is 41.5 Å². The molecule has 1 amide bonds. The lowest BCUT2D eigenvalue weighted by molar-refractivity contribution is 0.0672. The summed E-state index contributed by atoms with van der Waals surface area (Å²) in [5.74, 6) is 0.0265. The number of hydrogen-bond acceptors (Lipinski definition) is 4. The Balaban J connectivity index is 1.57. The van der Waals surface area contributed by atoms with Crippen LogP contribution >= 0.6 is 0 Å². The first-order valence-corrected chi connectivity index (χ1v) is 8.22. The zero-order chi connectivity index (χ0) is 16.7. The Morgan fingerprint density at radius 1 is 1.33 bits per heavy atom. The highest BCUT2D eigenvalue weighted by Gasteiger charge is 2.26. The van der Waals surface area contributed by atoms with E-state index in [0.717, 1.165) is 36.0 Å². The number of nitrogens with one attached hydrogen (secondary N) is 1. The maximum Gasteiger partial charge on any atom is 0.255 e. The molecule has 1 aliphatic heterocycles. The number of amides is 1. The first-order valence-electron chi connectivity index (χ1n) is 8.22. The molecular formula is C17H20N6O. The van der Waals surface area contributed by atoms with Crippen molar-refractivity contribution in [3.63, 3.8) is 0 Å². The van der Waals surface area contributed by atoms with Gasteiger partial charge in [-0.25, -0.2) is 4.98 Å². The van der Waals surface area contributed by atoms with E-state index in [1.165, 1.54) is 0 Å². The Kier molecular flexibility index (Phi) is 3.55. The number of piperidine rings is 1. The largest absolute Gasteiger partial charge is 0.336 e. The molecular weight excluding hydrogens is 304 g/mol. The van der Waals surface area contributed by atoms with Gasteiger partial charge < -0.3 is 4.90 Å². The third-order valence-corrected chi connectivity index (χ3v) is 4.64. The molecule has 0 unspecified atom stereocenters. The topological polar surface area (TPSA) is 79.7 Å². The van der Waals surface area contributed by atoms with Crippen LogP contribution in [-0.2, 0) is 0 Å². The lowest BCUT2D eigenvalue weighted by Gasteiger charge is -2.32. The lowest BCUT2D eigenvalue weighted by atomic mass is 10.0. The molecule has 3 aromatic heterocycles. The van der Waals surface area contributed by atoms with Crippen molar-refractivity contribution in [1.82, 2.24) is 29.9 Å². The number of nitrogens with zero attached hydrogens (tertiary/aromatic N) is 5. The molecule has 1 atom stereocenters. The van der Waals surface area contributed by atoms with Crippen LogP contribution in [0.2, 0.25) is 0 Å². The van der Waals surface area contributed by atoms with Crippen molar-refractivity contribution in [2.45, 2.75) is 32.7 Å². The summed E-state index contributed by atoms with van der Waals surface area (Å²) >= 11 is 0. The molecule has 0 spiro atoms. The SMILES string of the molecule is Cc1cnn([C@H]2CCCN(C(=O)c3cnc4n[nH]c(C)c4c3)C2)c1. The van der Waals surface area contributed by atoms with Crippen LogP contribution in [0.1, 0.15) is 40.5 Å². The van der Waals surface area contributed by atoms with Gasteiger partial charge >= 0.3 is 0 Å². The fourth-order valence-electron chi connectivity index (χ4n) is 3.31. The van der Waals surface area contributed by atoms with Crippen LogP contribution in [0.4, 0.5) is 0 Å². The van der Waals surface area contributed by atoms with E-state index in [2.05, 4.69) is 20.3 Å². The number of aromatic amines is 1. The van der Waals surface area contributed by atoms with Gasteiger partial charge in [0.2, 0.25) is 0 Å². The summed E-state index contributed by atoms with van der Waals surface area (Å²) in [7, 11) is 0. The van der Waals surface area contributed by atoms with E-state index in [-0.39, 0.29) is 11.9 Å². The van der Waals surface area contributed by atoms with Crippen LogP contribution in [0, 0.1) is 13.8 Å². The number of likely N-dealkylation sites (tertiary alicyclic amines) is 1. The van der Waals surface area contributed by atoms with Crippen molar-refractivity contribution in [2.75, 3.05) is 13.1 Å². The van der Waals surface area contributed by atoms with Crippen LogP contribution in [-0.4, -0.2) is 48.9 Å². The molecule has 0 aliphatic carbocycles. The number of hydrogen-bond donors (Lipinski definition) is 1. The summed E-state index contributed by atoms with van der Waals surface area (Å²) in [6, 6.07) is 2.12. The summed E-state index contributed by atoms with van der Waals surface area (Å²) < 4.78 is 1.98. The summed E-state index contributed by atoms with van der Waals surface area (Å²) in [6.45, 7) is 5.42. The fraction of sp³-hybridized carbons (Fsp3) is 0.412. The molecule has 124 valence electrons. The van der Waals surface area contributed by atoms with E-state index in [1.807, 2.05) is 41.9 Å². The third-order valence-electron chi connectivity index (χ3n) is 4.64. The quantitative estimate of drug-likeness (QED) is 0.784. The van der Waals surface area contributed by atoms with Crippen molar-refractivity contribution < 1.29 is 4.79 Å². The second-order valence-electron chi connectivity index (χ2n) is 6.49. The van der Waals surface area contributed by atoms with Gasteiger partial charge in [0.25, 0.3) is 5.91 Å². The number of carbonyl (C=O) groups is 1. The average molecular weight is 324 g/mol. The molecule has 4 rings (SSSR count). The van der Waals surface area contributed by atoms with Crippen molar-refractivity contribution in [1.29, 1.82) is 0 Å². The Bertz CT molecular complexity index is 896. The van der Waals surface area contributed by atoms with Crippen LogP contribution in [0.15, 0.2) is 24.7 Å². The smallest absolute Gasteiger partial charge is 0.255 e. The van der Waals surface area contributed by atoms with Gasteiger partial charge in [0.15, 0.2) is 5.65 Å². The molecule has 1 saturated heterocycles. The highest BCUT2D eigenvalue weighted by Crippen LogP contribution is 2.23. The van der Waals surface area contributed by atoms with Gasteiger partial charge in [-0.15, -0.1) is 0 Å². The zero-order valence-corrected chi connectivity index (χ0v) is 13.9. The number of pyridine rings is 1. The number of rotatable bonds is 2. The summed E-state index contributed by atoms with van der Waals surface area (Å²) in [5, 5.41) is 12.3. The number of H-pyrrole nitrogens is 1. The average Bonchev–Trinajstić information content (AvgIpc) is 3.20. The molecule has 7 heteroatoms. The fourth-order valence-corrected chi connectivity index (χ4v) is 3.31.